The minimum Gasteiger partial charge on any atom is -0.450 e. The molecule has 0 aliphatic carbocycles. The van der Waals surface area contributed by atoms with Crippen molar-refractivity contribution in [2.24, 2.45) is 0 Å². The molecule has 0 saturated carbocycles. The molecule has 1 amide bonds. The maximum absolute atomic E-state index is 13.5. The third kappa shape index (κ3) is 2.74. The van der Waals surface area contributed by atoms with Crippen molar-refractivity contribution in [2.75, 3.05) is 4.90 Å². The van der Waals surface area contributed by atoms with E-state index in [0.29, 0.717) is 27.2 Å². The maximum atomic E-state index is 13.5. The second kappa shape index (κ2) is 6.57. The highest BCUT2D eigenvalue weighted by Crippen LogP contribution is 2.41. The van der Waals surface area contributed by atoms with Crippen molar-refractivity contribution in [3.05, 3.63) is 111 Å². The van der Waals surface area contributed by atoms with Gasteiger partial charge in [0.1, 0.15) is 11.4 Å². The van der Waals surface area contributed by atoms with Crippen LogP contribution in [0.2, 0.25) is 5.02 Å². The lowest BCUT2D eigenvalue weighted by Gasteiger charge is -2.25. The van der Waals surface area contributed by atoms with Gasteiger partial charge in [0.25, 0.3) is 5.91 Å². The van der Waals surface area contributed by atoms with E-state index in [-0.39, 0.29) is 16.8 Å². The Kier molecular flexibility index (Phi) is 4.00. The number of nitrogens with zero attached hydrogens (tertiary/aromatic N) is 1. The van der Waals surface area contributed by atoms with Crippen molar-refractivity contribution in [1.29, 1.82) is 0 Å². The van der Waals surface area contributed by atoms with Gasteiger partial charge in [-0.25, -0.2) is 4.39 Å². The third-order valence-corrected chi connectivity index (χ3v) is 5.28. The van der Waals surface area contributed by atoms with Gasteiger partial charge in [0, 0.05) is 10.7 Å². The predicted molar refractivity (Wildman–Crippen MR) is 109 cm³/mol. The maximum Gasteiger partial charge on any atom is 0.295 e. The van der Waals surface area contributed by atoms with Gasteiger partial charge in [-0.1, -0.05) is 35.9 Å². The number of hydrogen-bond donors (Lipinski definition) is 0. The summed E-state index contributed by atoms with van der Waals surface area (Å²) in [5.74, 6) is -0.889. The summed E-state index contributed by atoms with van der Waals surface area (Å²) in [6, 6.07) is 18.6. The summed E-state index contributed by atoms with van der Waals surface area (Å²) < 4.78 is 19.3. The van der Waals surface area contributed by atoms with Crippen molar-refractivity contribution in [3.63, 3.8) is 0 Å². The predicted octanol–water partition coefficient (Wildman–Crippen LogP) is 5.34. The highest BCUT2D eigenvalue weighted by molar-refractivity contribution is 6.30. The van der Waals surface area contributed by atoms with Gasteiger partial charge in [-0.2, -0.15) is 0 Å². The molecule has 1 atom stereocenters. The van der Waals surface area contributed by atoms with Crippen LogP contribution in [0.3, 0.4) is 0 Å². The summed E-state index contributed by atoms with van der Waals surface area (Å²) >= 11 is 6.18. The summed E-state index contributed by atoms with van der Waals surface area (Å²) in [5.41, 5.74) is 1.44. The first-order valence-corrected chi connectivity index (χ1v) is 9.33. The molecule has 0 bridgehead atoms. The Morgan fingerprint density at radius 2 is 1.69 bits per heavy atom. The number of carbonyl (C=O) groups is 1. The molecular weight excluding hydrogens is 393 g/mol. The molecule has 1 aliphatic rings. The van der Waals surface area contributed by atoms with Crippen molar-refractivity contribution in [1.82, 2.24) is 0 Å². The zero-order valence-electron chi connectivity index (χ0n) is 14.9. The van der Waals surface area contributed by atoms with E-state index < -0.39 is 17.8 Å². The van der Waals surface area contributed by atoms with Crippen LogP contribution in [0.4, 0.5) is 10.1 Å². The van der Waals surface area contributed by atoms with Crippen LogP contribution in [0.25, 0.3) is 11.0 Å². The lowest BCUT2D eigenvalue weighted by atomic mass is 9.98. The van der Waals surface area contributed by atoms with E-state index in [0.717, 1.165) is 0 Å². The molecule has 5 rings (SSSR count). The first-order valence-electron chi connectivity index (χ1n) is 8.95. The number of amides is 1. The van der Waals surface area contributed by atoms with Crippen LogP contribution in [0.15, 0.2) is 82.0 Å². The van der Waals surface area contributed by atoms with E-state index in [9.17, 15) is 14.0 Å². The zero-order valence-corrected chi connectivity index (χ0v) is 15.7. The normalized spacial score (nSPS) is 15.7. The highest BCUT2D eigenvalue weighted by Gasteiger charge is 2.43. The molecule has 6 heteroatoms. The fraction of sp³-hybridized carbons (Fsp3) is 0.0435. The van der Waals surface area contributed by atoms with Crippen molar-refractivity contribution in [3.8, 4) is 0 Å². The van der Waals surface area contributed by atoms with Crippen LogP contribution < -0.4 is 10.3 Å². The molecule has 0 radical (unpaired) electrons. The summed E-state index contributed by atoms with van der Waals surface area (Å²) in [5, 5.41) is 0.875. The van der Waals surface area contributed by atoms with Crippen LogP contribution in [0, 0.1) is 5.82 Å². The van der Waals surface area contributed by atoms with Gasteiger partial charge in [0.05, 0.1) is 17.0 Å². The standard InChI is InChI=1S/C23H13ClFNO3/c24-14-5-3-4-13(12-14)20-19-21(27)17-6-1-2-7-18(17)29-22(19)23(28)26(20)16-10-8-15(25)9-11-16/h1-12,20H. The van der Waals surface area contributed by atoms with E-state index in [2.05, 4.69) is 0 Å². The van der Waals surface area contributed by atoms with Crippen LogP contribution in [0.5, 0.6) is 0 Å². The van der Waals surface area contributed by atoms with Gasteiger partial charge in [0.2, 0.25) is 5.76 Å². The SMILES string of the molecule is O=C1c2oc3ccccc3c(=O)c2C(c2cccc(Cl)c2)N1c1ccc(F)cc1. The highest BCUT2D eigenvalue weighted by atomic mass is 35.5. The molecular formula is C23H13ClFNO3. The molecule has 4 nitrogen and oxygen atoms in total. The van der Waals surface area contributed by atoms with Crippen LogP contribution in [-0.2, 0) is 0 Å². The lowest BCUT2D eigenvalue weighted by Crippen LogP contribution is -2.29. The molecule has 1 aromatic heterocycles. The van der Waals surface area contributed by atoms with Crippen molar-refractivity contribution < 1.29 is 13.6 Å². The third-order valence-electron chi connectivity index (χ3n) is 5.05. The van der Waals surface area contributed by atoms with E-state index in [1.54, 1.807) is 48.5 Å². The minimum absolute atomic E-state index is 0.0111. The van der Waals surface area contributed by atoms with Gasteiger partial charge < -0.3 is 4.42 Å². The topological polar surface area (TPSA) is 50.5 Å². The zero-order chi connectivity index (χ0) is 20.1. The second-order valence-corrected chi connectivity index (χ2v) is 7.22. The summed E-state index contributed by atoms with van der Waals surface area (Å²) in [6.07, 6.45) is 0. The summed E-state index contributed by atoms with van der Waals surface area (Å²) in [4.78, 5) is 28.1. The average Bonchev–Trinajstić information content (AvgIpc) is 3.02. The van der Waals surface area contributed by atoms with E-state index in [4.69, 9.17) is 16.0 Å². The number of rotatable bonds is 2. The Bertz CT molecular complexity index is 1330. The van der Waals surface area contributed by atoms with E-state index in [1.165, 1.54) is 29.2 Å². The van der Waals surface area contributed by atoms with Gasteiger partial charge in [-0.05, 0) is 54.1 Å². The van der Waals surface area contributed by atoms with Crippen molar-refractivity contribution >= 4 is 34.2 Å². The Hall–Kier alpha value is -3.44. The van der Waals surface area contributed by atoms with Gasteiger partial charge in [-0.15, -0.1) is 0 Å². The smallest absolute Gasteiger partial charge is 0.295 e. The first kappa shape index (κ1) is 17.6. The molecule has 1 aliphatic heterocycles. The molecule has 0 fully saturated rings. The Labute approximate surface area is 169 Å². The molecule has 0 saturated heterocycles. The van der Waals surface area contributed by atoms with Gasteiger partial charge in [-0.3, -0.25) is 14.5 Å². The van der Waals surface area contributed by atoms with E-state index >= 15 is 0 Å². The first-order chi connectivity index (χ1) is 14.0. The van der Waals surface area contributed by atoms with Crippen LogP contribution in [-0.4, -0.2) is 5.91 Å². The molecule has 142 valence electrons. The van der Waals surface area contributed by atoms with Crippen LogP contribution in [0.1, 0.15) is 27.7 Å². The fourth-order valence-corrected chi connectivity index (χ4v) is 3.98. The Morgan fingerprint density at radius 3 is 2.45 bits per heavy atom. The minimum atomic E-state index is -0.734. The molecule has 4 aromatic rings. The Morgan fingerprint density at radius 1 is 0.931 bits per heavy atom. The van der Waals surface area contributed by atoms with Crippen molar-refractivity contribution in [2.45, 2.75) is 6.04 Å². The molecule has 0 spiro atoms. The number of fused-ring (bicyclic) bond motifs is 2. The Balaban J connectivity index is 1.82. The number of anilines is 1. The number of hydrogen-bond acceptors (Lipinski definition) is 3. The number of benzene rings is 3. The molecule has 0 N–H and O–H groups in total. The molecule has 29 heavy (non-hydrogen) atoms. The summed E-state index contributed by atoms with van der Waals surface area (Å²) in [7, 11) is 0. The summed E-state index contributed by atoms with van der Waals surface area (Å²) in [6.45, 7) is 0. The molecule has 2 heterocycles. The second-order valence-electron chi connectivity index (χ2n) is 6.78. The van der Waals surface area contributed by atoms with Gasteiger partial charge in [0.15, 0.2) is 5.43 Å². The molecule has 3 aromatic carbocycles. The number of carbonyl (C=O) groups excluding carboxylic acids is 1. The monoisotopic (exact) mass is 405 g/mol. The van der Waals surface area contributed by atoms with E-state index in [1.807, 2.05) is 0 Å². The average molecular weight is 406 g/mol. The number of halogens is 2. The quantitative estimate of drug-likeness (QED) is 0.452. The van der Waals surface area contributed by atoms with Crippen LogP contribution >= 0.6 is 11.6 Å². The number of para-hydroxylation sites is 1. The largest absolute Gasteiger partial charge is 0.450 e. The fourth-order valence-electron chi connectivity index (χ4n) is 3.78. The lowest BCUT2D eigenvalue weighted by molar-refractivity contribution is 0.0971. The van der Waals surface area contributed by atoms with Gasteiger partial charge >= 0.3 is 0 Å². The molecule has 1 unspecified atom stereocenters.